The van der Waals surface area contributed by atoms with Crippen molar-refractivity contribution in [3.8, 4) is 0 Å². The van der Waals surface area contributed by atoms with Gasteiger partial charge in [0, 0.05) is 19.6 Å². The average molecular weight is 331 g/mol. The van der Waals surface area contributed by atoms with Crippen LogP contribution in [0.25, 0.3) is 0 Å². The van der Waals surface area contributed by atoms with Crippen LogP contribution in [0.2, 0.25) is 5.02 Å². The molecule has 1 saturated carbocycles. The van der Waals surface area contributed by atoms with Crippen LogP contribution in [0.3, 0.4) is 0 Å². The van der Waals surface area contributed by atoms with Crippen LogP contribution >= 0.6 is 11.6 Å². The molecular formula is C15H23ClN2O2S. The van der Waals surface area contributed by atoms with E-state index in [1.165, 1.54) is 10.7 Å². The van der Waals surface area contributed by atoms with Gasteiger partial charge in [-0.15, -0.1) is 0 Å². The van der Waals surface area contributed by atoms with Crippen LogP contribution in [-0.4, -0.2) is 25.8 Å². The first-order valence-electron chi connectivity index (χ1n) is 7.32. The molecule has 2 rings (SSSR count). The third-order valence-corrected chi connectivity index (χ3v) is 6.70. The molecule has 2 N–H and O–H groups in total. The summed E-state index contributed by atoms with van der Waals surface area (Å²) in [4.78, 5) is 0.160. The minimum Gasteiger partial charge on any atom is -0.326 e. The highest BCUT2D eigenvalue weighted by Gasteiger charge is 2.32. The summed E-state index contributed by atoms with van der Waals surface area (Å²) < 4.78 is 27.1. The standard InChI is InChI=1S/C15H23ClN2O2S/c1-11-4-3-5-13(8-11)18(2)21(19,20)15-9-12(10-17)6-7-14(15)16/h6-7,9,11,13H,3-5,8,10,17H2,1-2H3. The summed E-state index contributed by atoms with van der Waals surface area (Å²) in [5.74, 6) is 0.562. The Labute approximate surface area is 132 Å². The first-order chi connectivity index (χ1) is 9.86. The van der Waals surface area contributed by atoms with E-state index in [1.54, 1.807) is 25.2 Å². The Morgan fingerprint density at radius 1 is 1.38 bits per heavy atom. The number of rotatable bonds is 4. The Morgan fingerprint density at radius 2 is 2.10 bits per heavy atom. The first kappa shape index (κ1) is 16.7. The molecule has 1 fully saturated rings. The number of halogens is 1. The van der Waals surface area contributed by atoms with Gasteiger partial charge in [0.1, 0.15) is 4.90 Å². The van der Waals surface area contributed by atoms with E-state index >= 15 is 0 Å². The second-order valence-electron chi connectivity index (χ2n) is 5.92. The maximum absolute atomic E-state index is 12.8. The maximum Gasteiger partial charge on any atom is 0.244 e. The monoisotopic (exact) mass is 330 g/mol. The average Bonchev–Trinajstić information content (AvgIpc) is 2.46. The molecule has 0 aliphatic heterocycles. The lowest BCUT2D eigenvalue weighted by molar-refractivity contribution is 0.239. The van der Waals surface area contributed by atoms with Crippen molar-refractivity contribution < 1.29 is 8.42 Å². The molecule has 2 unspecified atom stereocenters. The van der Waals surface area contributed by atoms with Crippen molar-refractivity contribution in [3.05, 3.63) is 28.8 Å². The van der Waals surface area contributed by atoms with Crippen LogP contribution in [0, 0.1) is 5.92 Å². The Bertz CT molecular complexity index is 604. The SMILES string of the molecule is CC1CCCC(N(C)S(=O)(=O)c2cc(CN)ccc2Cl)C1. The first-order valence-corrected chi connectivity index (χ1v) is 9.14. The summed E-state index contributed by atoms with van der Waals surface area (Å²) in [5, 5.41) is 0.253. The molecule has 0 aromatic heterocycles. The van der Waals surface area contributed by atoms with Crippen molar-refractivity contribution in [1.29, 1.82) is 0 Å². The lowest BCUT2D eigenvalue weighted by atomic mass is 9.87. The molecule has 0 spiro atoms. The van der Waals surface area contributed by atoms with Gasteiger partial charge in [-0.25, -0.2) is 8.42 Å². The third kappa shape index (κ3) is 3.59. The topological polar surface area (TPSA) is 63.4 Å². The zero-order valence-corrected chi connectivity index (χ0v) is 14.1. The van der Waals surface area contributed by atoms with Gasteiger partial charge in [0.15, 0.2) is 0 Å². The molecule has 4 nitrogen and oxygen atoms in total. The smallest absolute Gasteiger partial charge is 0.244 e. The molecule has 0 saturated heterocycles. The number of nitrogens with zero attached hydrogens (tertiary/aromatic N) is 1. The van der Waals surface area contributed by atoms with Crippen molar-refractivity contribution in [1.82, 2.24) is 4.31 Å². The maximum atomic E-state index is 12.8. The second kappa shape index (κ2) is 6.65. The predicted octanol–water partition coefficient (Wildman–Crippen LogP) is 3.00. The van der Waals surface area contributed by atoms with Gasteiger partial charge in [-0.2, -0.15) is 4.31 Å². The normalized spacial score (nSPS) is 23.5. The highest BCUT2D eigenvalue weighted by molar-refractivity contribution is 7.89. The van der Waals surface area contributed by atoms with Gasteiger partial charge in [-0.1, -0.05) is 37.4 Å². The molecule has 0 radical (unpaired) electrons. The van der Waals surface area contributed by atoms with E-state index in [0.29, 0.717) is 12.5 Å². The van der Waals surface area contributed by atoms with Gasteiger partial charge in [0.05, 0.1) is 5.02 Å². The molecule has 0 amide bonds. The summed E-state index contributed by atoms with van der Waals surface area (Å²) in [7, 11) is -1.92. The van der Waals surface area contributed by atoms with Gasteiger partial charge in [0.25, 0.3) is 0 Å². The molecular weight excluding hydrogens is 308 g/mol. The molecule has 1 aliphatic rings. The van der Waals surface area contributed by atoms with Crippen LogP contribution in [0.4, 0.5) is 0 Å². The van der Waals surface area contributed by atoms with E-state index in [9.17, 15) is 8.42 Å². The predicted molar refractivity (Wildman–Crippen MR) is 85.7 cm³/mol. The second-order valence-corrected chi connectivity index (χ2v) is 8.29. The summed E-state index contributed by atoms with van der Waals surface area (Å²) in [5.41, 5.74) is 6.36. The van der Waals surface area contributed by atoms with Crippen LogP contribution in [0.1, 0.15) is 38.2 Å². The Balaban J connectivity index is 2.32. The van der Waals surface area contributed by atoms with Crippen molar-refractivity contribution in [2.45, 2.75) is 50.1 Å². The summed E-state index contributed by atoms with van der Waals surface area (Å²) in [6, 6.07) is 5.00. The zero-order chi connectivity index (χ0) is 15.6. The number of hydrogen-bond donors (Lipinski definition) is 1. The summed E-state index contributed by atoms with van der Waals surface area (Å²) in [6.45, 7) is 2.47. The molecule has 2 atom stereocenters. The molecule has 1 aromatic rings. The Kier molecular flexibility index (Phi) is 5.30. The van der Waals surface area contributed by atoms with Gasteiger partial charge in [0.2, 0.25) is 10.0 Å². The Morgan fingerprint density at radius 3 is 2.71 bits per heavy atom. The fraction of sp³-hybridized carbons (Fsp3) is 0.600. The number of nitrogens with two attached hydrogens (primary N) is 1. The lowest BCUT2D eigenvalue weighted by Gasteiger charge is -2.33. The van der Waals surface area contributed by atoms with Gasteiger partial charge >= 0.3 is 0 Å². The molecule has 1 aromatic carbocycles. The lowest BCUT2D eigenvalue weighted by Crippen LogP contribution is -2.39. The molecule has 0 bridgehead atoms. The van der Waals surface area contributed by atoms with Crippen LogP contribution in [0.15, 0.2) is 23.1 Å². The molecule has 118 valence electrons. The highest BCUT2D eigenvalue weighted by atomic mass is 35.5. The quantitative estimate of drug-likeness (QED) is 0.923. The number of hydrogen-bond acceptors (Lipinski definition) is 3. The van der Waals surface area contributed by atoms with Crippen molar-refractivity contribution in [3.63, 3.8) is 0 Å². The molecule has 21 heavy (non-hydrogen) atoms. The van der Waals surface area contributed by atoms with E-state index in [-0.39, 0.29) is 16.0 Å². The Hall–Kier alpha value is -0.620. The van der Waals surface area contributed by atoms with E-state index in [0.717, 1.165) is 24.8 Å². The zero-order valence-electron chi connectivity index (χ0n) is 12.5. The van der Waals surface area contributed by atoms with Crippen molar-refractivity contribution in [2.75, 3.05) is 7.05 Å². The number of sulfonamides is 1. The minimum absolute atomic E-state index is 0.0522. The van der Waals surface area contributed by atoms with Gasteiger partial charge < -0.3 is 5.73 Å². The van der Waals surface area contributed by atoms with Crippen LogP contribution in [0.5, 0.6) is 0 Å². The highest BCUT2D eigenvalue weighted by Crippen LogP contribution is 2.32. The molecule has 6 heteroatoms. The molecule has 0 heterocycles. The van der Waals surface area contributed by atoms with E-state index < -0.39 is 10.0 Å². The fourth-order valence-corrected chi connectivity index (χ4v) is 4.88. The molecule has 1 aliphatic carbocycles. The van der Waals surface area contributed by atoms with E-state index in [1.807, 2.05) is 0 Å². The third-order valence-electron chi connectivity index (χ3n) is 4.31. The van der Waals surface area contributed by atoms with E-state index in [4.69, 9.17) is 17.3 Å². The minimum atomic E-state index is -3.58. The van der Waals surface area contributed by atoms with Crippen molar-refractivity contribution >= 4 is 21.6 Å². The van der Waals surface area contributed by atoms with Crippen LogP contribution < -0.4 is 5.73 Å². The number of benzene rings is 1. The fourth-order valence-electron chi connectivity index (χ4n) is 2.96. The largest absolute Gasteiger partial charge is 0.326 e. The van der Waals surface area contributed by atoms with Crippen LogP contribution in [-0.2, 0) is 16.6 Å². The van der Waals surface area contributed by atoms with Gasteiger partial charge in [-0.3, -0.25) is 0 Å². The van der Waals surface area contributed by atoms with E-state index in [2.05, 4.69) is 6.92 Å². The van der Waals surface area contributed by atoms with Gasteiger partial charge in [-0.05, 0) is 36.5 Å². The summed E-state index contributed by atoms with van der Waals surface area (Å²) in [6.07, 6.45) is 4.06. The summed E-state index contributed by atoms with van der Waals surface area (Å²) >= 11 is 6.10. The van der Waals surface area contributed by atoms with Crippen molar-refractivity contribution in [2.24, 2.45) is 11.7 Å².